The van der Waals surface area contributed by atoms with Gasteiger partial charge in [-0.15, -0.1) is 0 Å². The van der Waals surface area contributed by atoms with Crippen molar-refractivity contribution >= 4 is 0 Å². The Morgan fingerprint density at radius 1 is 1.29 bits per heavy atom. The first-order chi connectivity index (χ1) is 8.24. The molecule has 3 nitrogen and oxygen atoms in total. The molecule has 3 heteroatoms. The summed E-state index contributed by atoms with van der Waals surface area (Å²) < 4.78 is 5.76. The Morgan fingerprint density at radius 3 is 2.76 bits per heavy atom. The summed E-state index contributed by atoms with van der Waals surface area (Å²) in [7, 11) is 0. The molecule has 1 aliphatic carbocycles. The number of ether oxygens (including phenoxy) is 1. The van der Waals surface area contributed by atoms with Gasteiger partial charge >= 0.3 is 0 Å². The first-order valence-corrected chi connectivity index (χ1v) is 7.37. The molecule has 3 rings (SSSR count). The van der Waals surface area contributed by atoms with E-state index in [1.54, 1.807) is 0 Å². The summed E-state index contributed by atoms with van der Waals surface area (Å²) in [5.74, 6) is 0. The van der Waals surface area contributed by atoms with E-state index in [1.165, 1.54) is 38.6 Å². The molecular formula is C14H26N2O. The van der Waals surface area contributed by atoms with E-state index in [4.69, 9.17) is 4.74 Å². The zero-order valence-corrected chi connectivity index (χ0v) is 11.2. The van der Waals surface area contributed by atoms with Gasteiger partial charge in [-0.1, -0.05) is 0 Å². The van der Waals surface area contributed by atoms with Crippen molar-refractivity contribution in [3.8, 4) is 0 Å². The van der Waals surface area contributed by atoms with Crippen molar-refractivity contribution in [2.24, 2.45) is 0 Å². The fraction of sp³-hybridized carbons (Fsp3) is 1.00. The van der Waals surface area contributed by atoms with Gasteiger partial charge in [-0.25, -0.2) is 0 Å². The highest BCUT2D eigenvalue weighted by atomic mass is 16.5. The molecule has 3 fully saturated rings. The number of hydrogen-bond donors (Lipinski definition) is 1. The van der Waals surface area contributed by atoms with E-state index < -0.39 is 0 Å². The molecule has 2 heterocycles. The molecular weight excluding hydrogens is 212 g/mol. The maximum atomic E-state index is 5.76. The zero-order chi connectivity index (χ0) is 11.8. The third-order valence-electron chi connectivity index (χ3n) is 4.66. The predicted octanol–water partition coefficient (Wildman–Crippen LogP) is 1.77. The van der Waals surface area contributed by atoms with E-state index in [1.807, 2.05) is 0 Å². The molecule has 1 saturated carbocycles. The molecule has 17 heavy (non-hydrogen) atoms. The van der Waals surface area contributed by atoms with Crippen molar-refractivity contribution in [1.82, 2.24) is 10.2 Å². The maximum absolute atomic E-state index is 5.76. The molecule has 0 aromatic heterocycles. The predicted molar refractivity (Wildman–Crippen MR) is 69.2 cm³/mol. The second-order valence-electron chi connectivity index (χ2n) is 6.22. The Labute approximate surface area is 105 Å². The molecule has 98 valence electrons. The van der Waals surface area contributed by atoms with Gasteiger partial charge < -0.3 is 10.1 Å². The lowest BCUT2D eigenvalue weighted by Gasteiger charge is -2.24. The van der Waals surface area contributed by atoms with Crippen LogP contribution in [0.1, 0.15) is 46.0 Å². The third-order valence-corrected chi connectivity index (χ3v) is 4.66. The summed E-state index contributed by atoms with van der Waals surface area (Å²) in [6.45, 7) is 6.89. The van der Waals surface area contributed by atoms with Crippen molar-refractivity contribution in [2.75, 3.05) is 13.2 Å². The fourth-order valence-electron chi connectivity index (χ4n) is 3.57. The van der Waals surface area contributed by atoms with Gasteiger partial charge in [0.15, 0.2) is 0 Å². The molecule has 0 radical (unpaired) electrons. The topological polar surface area (TPSA) is 24.5 Å². The minimum atomic E-state index is 0.459. The van der Waals surface area contributed by atoms with Crippen LogP contribution in [0.4, 0.5) is 0 Å². The van der Waals surface area contributed by atoms with Gasteiger partial charge in [0.2, 0.25) is 0 Å². The highest BCUT2D eigenvalue weighted by Crippen LogP contribution is 2.33. The number of nitrogens with zero attached hydrogens (tertiary/aromatic N) is 1. The number of likely N-dealkylation sites (tertiary alicyclic amines) is 1. The highest BCUT2D eigenvalue weighted by Gasteiger charge is 2.39. The number of nitrogens with one attached hydrogen (secondary N) is 1. The SMILES string of the molecule is CC(NC1CC(C)N(C2CC2)C1)C1CCCO1. The quantitative estimate of drug-likeness (QED) is 0.808. The van der Waals surface area contributed by atoms with Crippen LogP contribution in [0.25, 0.3) is 0 Å². The first kappa shape index (κ1) is 11.9. The first-order valence-electron chi connectivity index (χ1n) is 7.37. The molecule has 4 unspecified atom stereocenters. The van der Waals surface area contributed by atoms with Crippen molar-refractivity contribution in [3.63, 3.8) is 0 Å². The number of hydrogen-bond acceptors (Lipinski definition) is 3. The monoisotopic (exact) mass is 238 g/mol. The van der Waals surface area contributed by atoms with Crippen LogP contribution in [0.5, 0.6) is 0 Å². The third kappa shape index (κ3) is 2.67. The Kier molecular flexibility index (Phi) is 3.42. The van der Waals surface area contributed by atoms with Gasteiger partial charge in [0.25, 0.3) is 0 Å². The minimum Gasteiger partial charge on any atom is -0.377 e. The number of rotatable bonds is 4. The summed E-state index contributed by atoms with van der Waals surface area (Å²) in [5, 5.41) is 3.80. The molecule has 3 aliphatic rings. The summed E-state index contributed by atoms with van der Waals surface area (Å²) in [6, 6.07) is 2.89. The highest BCUT2D eigenvalue weighted by molar-refractivity contribution is 4.97. The molecule has 0 spiro atoms. The molecule has 0 aromatic carbocycles. The molecule has 0 bridgehead atoms. The summed E-state index contributed by atoms with van der Waals surface area (Å²) in [4.78, 5) is 2.71. The van der Waals surface area contributed by atoms with Gasteiger partial charge in [0, 0.05) is 37.3 Å². The van der Waals surface area contributed by atoms with Gasteiger partial charge in [-0.3, -0.25) is 4.90 Å². The Bertz CT molecular complexity index is 261. The molecule has 0 aromatic rings. The molecule has 4 atom stereocenters. The van der Waals surface area contributed by atoms with Crippen molar-refractivity contribution in [1.29, 1.82) is 0 Å². The van der Waals surface area contributed by atoms with E-state index >= 15 is 0 Å². The van der Waals surface area contributed by atoms with Gasteiger partial charge in [0.1, 0.15) is 0 Å². The molecule has 2 aliphatic heterocycles. The molecule has 0 amide bonds. The average molecular weight is 238 g/mol. The van der Waals surface area contributed by atoms with Gasteiger partial charge in [0.05, 0.1) is 6.10 Å². The van der Waals surface area contributed by atoms with Crippen LogP contribution >= 0.6 is 0 Å². The smallest absolute Gasteiger partial charge is 0.0726 e. The standard InChI is InChI=1S/C14H26N2O/c1-10-8-12(9-16(10)13-5-6-13)15-11(2)14-4-3-7-17-14/h10-15H,3-9H2,1-2H3. The van der Waals surface area contributed by atoms with Gasteiger partial charge in [-0.2, -0.15) is 0 Å². The van der Waals surface area contributed by atoms with E-state index in [2.05, 4.69) is 24.1 Å². The molecule has 2 saturated heterocycles. The van der Waals surface area contributed by atoms with Crippen molar-refractivity contribution < 1.29 is 4.74 Å². The zero-order valence-electron chi connectivity index (χ0n) is 11.2. The van der Waals surface area contributed by atoms with Crippen LogP contribution in [-0.2, 0) is 4.74 Å². The second kappa shape index (κ2) is 4.87. The lowest BCUT2D eigenvalue weighted by atomic mass is 10.1. The lowest BCUT2D eigenvalue weighted by molar-refractivity contribution is 0.0799. The van der Waals surface area contributed by atoms with E-state index in [-0.39, 0.29) is 0 Å². The average Bonchev–Trinajstić information content (AvgIpc) is 2.86. The van der Waals surface area contributed by atoms with Crippen LogP contribution in [0, 0.1) is 0 Å². The Morgan fingerprint density at radius 2 is 2.12 bits per heavy atom. The van der Waals surface area contributed by atoms with Crippen LogP contribution in [-0.4, -0.2) is 48.3 Å². The van der Waals surface area contributed by atoms with E-state index in [9.17, 15) is 0 Å². The van der Waals surface area contributed by atoms with Gasteiger partial charge in [-0.05, 0) is 46.0 Å². The summed E-state index contributed by atoms with van der Waals surface area (Å²) in [6.07, 6.45) is 7.11. The lowest BCUT2D eigenvalue weighted by Crippen LogP contribution is -2.44. The Hall–Kier alpha value is -0.120. The van der Waals surface area contributed by atoms with Crippen LogP contribution in [0.2, 0.25) is 0 Å². The van der Waals surface area contributed by atoms with Crippen molar-refractivity contribution in [2.45, 2.75) is 76.2 Å². The minimum absolute atomic E-state index is 0.459. The Balaban J connectivity index is 1.48. The van der Waals surface area contributed by atoms with Crippen LogP contribution in [0.15, 0.2) is 0 Å². The van der Waals surface area contributed by atoms with E-state index in [0.29, 0.717) is 18.2 Å². The van der Waals surface area contributed by atoms with E-state index in [0.717, 1.165) is 18.7 Å². The maximum Gasteiger partial charge on any atom is 0.0726 e. The fourth-order valence-corrected chi connectivity index (χ4v) is 3.57. The van der Waals surface area contributed by atoms with Crippen LogP contribution in [0.3, 0.4) is 0 Å². The molecule has 1 N–H and O–H groups in total. The summed E-state index contributed by atoms with van der Waals surface area (Å²) >= 11 is 0. The largest absolute Gasteiger partial charge is 0.377 e. The normalized spacial score (nSPS) is 40.9. The summed E-state index contributed by atoms with van der Waals surface area (Å²) in [5.41, 5.74) is 0. The van der Waals surface area contributed by atoms with Crippen molar-refractivity contribution in [3.05, 3.63) is 0 Å². The second-order valence-corrected chi connectivity index (χ2v) is 6.22. The van der Waals surface area contributed by atoms with Crippen LogP contribution < -0.4 is 5.32 Å².